The van der Waals surface area contributed by atoms with Gasteiger partial charge in [-0.2, -0.15) is 19.9 Å². The Bertz CT molecular complexity index is 3810. The maximum atomic E-state index is 13.1. The van der Waals surface area contributed by atoms with E-state index in [2.05, 4.69) is 91.7 Å². The van der Waals surface area contributed by atoms with Crippen LogP contribution in [0.4, 0.5) is 28.6 Å². The molecule has 6 saturated heterocycles. The second kappa shape index (κ2) is 22.4. The van der Waals surface area contributed by atoms with Crippen LogP contribution in [0, 0.1) is 0 Å². The number of nitrogens with two attached hydrogens (primary N) is 4. The van der Waals surface area contributed by atoms with E-state index in [0.717, 1.165) is 0 Å². The van der Waals surface area contributed by atoms with Gasteiger partial charge in [0.1, 0.15) is 36.6 Å². The van der Waals surface area contributed by atoms with E-state index in [-0.39, 0.29) is 99.5 Å². The van der Waals surface area contributed by atoms with Gasteiger partial charge in [-0.1, -0.05) is 12.2 Å². The number of urea groups is 1. The van der Waals surface area contributed by atoms with Crippen LogP contribution in [0.2, 0.25) is 0 Å². The molecule has 14 heterocycles. The minimum absolute atomic E-state index is 0.0240. The van der Waals surface area contributed by atoms with Gasteiger partial charge in [-0.3, -0.25) is 62.2 Å². The molecule has 8 aromatic heterocycles. The van der Waals surface area contributed by atoms with Crippen LogP contribution in [0.3, 0.4) is 0 Å². The predicted molar refractivity (Wildman–Crippen MR) is 308 cm³/mol. The van der Waals surface area contributed by atoms with Gasteiger partial charge < -0.3 is 94.2 Å². The number of H-pyrrole nitrogens is 4. The fourth-order valence-electron chi connectivity index (χ4n) is 11.8. The molecule has 0 bridgehead atoms. The second-order valence-electron chi connectivity index (χ2n) is 21.3. The summed E-state index contributed by atoms with van der Waals surface area (Å²) in [4.78, 5) is 118. The summed E-state index contributed by atoms with van der Waals surface area (Å²) in [7, 11) is 0. The van der Waals surface area contributed by atoms with Crippen molar-refractivity contribution in [3.05, 3.63) is 66.7 Å². The Labute approximate surface area is 498 Å². The summed E-state index contributed by atoms with van der Waals surface area (Å²) in [5.74, 6) is -0.991. The van der Waals surface area contributed by atoms with Crippen molar-refractivity contribution in [2.45, 2.75) is 124 Å². The number of amides is 3. The minimum atomic E-state index is -1.34. The van der Waals surface area contributed by atoms with Crippen molar-refractivity contribution >= 4 is 115 Å². The van der Waals surface area contributed by atoms with Crippen molar-refractivity contribution in [1.82, 2.24) is 110 Å². The topological polar surface area (TPSA) is 583 Å². The maximum Gasteiger partial charge on any atom is 0.315 e. The Morgan fingerprint density at radius 1 is 0.443 bits per heavy atom. The third-order valence-electron chi connectivity index (χ3n) is 15.9. The van der Waals surface area contributed by atoms with Crippen molar-refractivity contribution < 1.29 is 49.0 Å². The standard InChI is InChI=1S/C23H27N13O8.C23H27N13O6S2/c24-21-31-15-11(17(40)33-21)27-4-35(15)19-13(38)9-6(43-19)1-2-8(37)29-10-7(3-26-23(42)30-9)44-20(14(10)39)36-5-28-12-16(36)32-22(25)34-18(12)41;24-21-31-15-11(17(39)33-21)27-4-35(15)19-13(37)9-6(41-19)1-2-8(43)29-10-7(3-26-23(44)30-9)42-20(14(10)38)36-5-28-12-16(36)32-22(25)34-18(12)40/h4-7,9-10,13-14,19-20,38-39H,1-3H2,(H,29,37)(H2,26,30,42)(H3,24,31,33,40)(H3,25,32,34,41);4-7,9-10,13-14,19-20,37-38H,1-3H2,(H,29,43)(H2,26,30,44)(H3,24,31,33,39)(H3,25,32,34,40)/t2*6-,7-,9+,10?,13?,14+,19-,20-/m11/s1. The summed E-state index contributed by atoms with van der Waals surface area (Å²) in [6.07, 6.45) is -6.26. The zero-order chi connectivity index (χ0) is 61.7. The van der Waals surface area contributed by atoms with E-state index < -0.39 is 132 Å². The first kappa shape index (κ1) is 57.7. The number of aromatic nitrogens is 16. The van der Waals surface area contributed by atoms with Gasteiger partial charge in [0, 0.05) is 25.9 Å². The first-order valence-electron chi connectivity index (χ1n) is 27.1. The molecule has 88 heavy (non-hydrogen) atoms. The van der Waals surface area contributed by atoms with Crippen LogP contribution in [0.15, 0.2) is 44.5 Å². The molecule has 8 aromatic rings. The quantitative estimate of drug-likeness (QED) is 0.0728. The van der Waals surface area contributed by atoms with Crippen LogP contribution in [-0.4, -0.2) is 207 Å². The highest BCUT2D eigenvalue weighted by Gasteiger charge is 2.51. The number of fused-ring (bicyclic) bond motifs is 8. The van der Waals surface area contributed by atoms with Crippen molar-refractivity contribution in [3.63, 3.8) is 0 Å². The van der Waals surface area contributed by atoms with Gasteiger partial charge in [0.05, 0.1) is 66.7 Å². The van der Waals surface area contributed by atoms with Crippen LogP contribution in [0.5, 0.6) is 0 Å². The Balaban J connectivity index is 0.000000162. The first-order valence-corrected chi connectivity index (χ1v) is 27.9. The molecule has 40 nitrogen and oxygen atoms in total. The zero-order valence-electron chi connectivity index (χ0n) is 45.2. The SMILES string of the molecule is Nc1nc2c(ncn2[C@@H]2O[C@@H]3CCC(=O)NC4[C@@H](CNC(=O)N[C@@H]3C2O)O[C@@H](n2cnc3c(=O)[nH]c(N)nc32)[C@H]4O)c(=O)[nH]1.Nc1nc2c(ncn2[C@@H]2O[C@@H]3CCC(=S)NC4[C@@H](CNC(=S)N[C@@H]3C2O)O[C@@H](n2cnc3c(=O)[nH]c(N)nc32)[C@H]4O)c(=O)[nH]1. The average molecular weight is 1260 g/mol. The number of nitrogens with one attached hydrogen (secondary N) is 10. The molecule has 42 heteroatoms. The molecule has 0 aliphatic carbocycles. The summed E-state index contributed by atoms with van der Waals surface area (Å²) in [5.41, 5.74) is 21.1. The molecule has 16 atom stereocenters. The van der Waals surface area contributed by atoms with Crippen LogP contribution in [-0.2, 0) is 23.7 Å². The fourth-order valence-corrected chi connectivity index (χ4v) is 12.3. The molecule has 6 fully saturated rings. The monoisotopic (exact) mass is 1260 g/mol. The molecule has 0 saturated carbocycles. The number of thiocarbonyl (C=S) groups is 2. The number of anilines is 4. The van der Waals surface area contributed by atoms with Crippen LogP contribution in [0.25, 0.3) is 44.7 Å². The number of ether oxygens (including phenoxy) is 4. The molecule has 3 amide bonds. The molecule has 0 spiro atoms. The van der Waals surface area contributed by atoms with Crippen LogP contribution in [0.1, 0.15) is 50.6 Å². The molecule has 4 unspecified atom stereocenters. The van der Waals surface area contributed by atoms with Crippen LogP contribution < -0.4 is 77.1 Å². The van der Waals surface area contributed by atoms with E-state index in [1.165, 1.54) is 43.6 Å². The highest BCUT2D eigenvalue weighted by molar-refractivity contribution is 7.80. The minimum Gasteiger partial charge on any atom is -0.386 e. The van der Waals surface area contributed by atoms with Gasteiger partial charge in [-0.05, 0) is 25.1 Å². The highest BCUT2D eigenvalue weighted by Crippen LogP contribution is 2.37. The van der Waals surface area contributed by atoms with Gasteiger partial charge in [-0.15, -0.1) is 0 Å². The number of imidazole rings is 4. The van der Waals surface area contributed by atoms with Crippen molar-refractivity contribution in [2.24, 2.45) is 0 Å². The Morgan fingerprint density at radius 3 is 1.17 bits per heavy atom. The molecule has 6 aliphatic rings. The van der Waals surface area contributed by atoms with E-state index in [0.29, 0.717) is 17.8 Å². The lowest BCUT2D eigenvalue weighted by Crippen LogP contribution is -2.55. The largest absolute Gasteiger partial charge is 0.386 e. The summed E-state index contributed by atoms with van der Waals surface area (Å²) in [6, 6.07) is -3.99. The molecule has 6 aliphatic heterocycles. The lowest BCUT2D eigenvalue weighted by atomic mass is 10.0. The number of carbonyl (C=O) groups excluding carboxylic acids is 2. The Morgan fingerprint density at radius 2 is 0.773 bits per heavy atom. The van der Waals surface area contributed by atoms with Gasteiger partial charge in [0.25, 0.3) is 22.2 Å². The fraction of sp³-hybridized carbons (Fsp3) is 0.478. The molecule has 0 aromatic carbocycles. The molecule has 22 N–H and O–H groups in total. The van der Waals surface area contributed by atoms with E-state index >= 15 is 0 Å². The smallest absolute Gasteiger partial charge is 0.315 e. The normalized spacial score (nSPS) is 31.0. The van der Waals surface area contributed by atoms with E-state index in [4.69, 9.17) is 66.3 Å². The predicted octanol–water partition coefficient (Wildman–Crippen LogP) is -7.27. The lowest BCUT2D eigenvalue weighted by molar-refractivity contribution is -0.123. The number of carbonyl (C=O) groups is 2. The highest BCUT2D eigenvalue weighted by atomic mass is 32.1. The maximum absolute atomic E-state index is 13.1. The van der Waals surface area contributed by atoms with Crippen molar-refractivity contribution in [2.75, 3.05) is 36.0 Å². The molecular weight excluding hydrogens is 1200 g/mol. The number of nitrogen functional groups attached to an aromatic ring is 4. The van der Waals surface area contributed by atoms with E-state index in [1.54, 1.807) is 0 Å². The van der Waals surface area contributed by atoms with Crippen molar-refractivity contribution in [3.8, 4) is 0 Å². The lowest BCUT2D eigenvalue weighted by Gasteiger charge is -2.28. The summed E-state index contributed by atoms with van der Waals surface area (Å²) in [5, 5.41) is 62.9. The molecule has 14 rings (SSSR count). The zero-order valence-corrected chi connectivity index (χ0v) is 46.8. The second-order valence-corrected chi connectivity index (χ2v) is 22.2. The summed E-state index contributed by atoms with van der Waals surface area (Å²) < 4.78 is 30.2. The van der Waals surface area contributed by atoms with E-state index in [9.17, 15) is 49.2 Å². The number of nitrogens with zero attached hydrogens (tertiary/aromatic N) is 12. The van der Waals surface area contributed by atoms with Crippen molar-refractivity contribution in [1.29, 1.82) is 0 Å². The number of aromatic amines is 4. The molecule has 0 radical (unpaired) electrons. The van der Waals surface area contributed by atoms with Gasteiger partial charge in [-0.25, -0.2) is 24.7 Å². The average Bonchev–Trinajstić information content (AvgIpc) is 3.28. The number of hydrogen-bond acceptors (Lipinski definition) is 28. The third kappa shape index (κ3) is 10.3. The van der Waals surface area contributed by atoms with Gasteiger partial charge in [0.2, 0.25) is 29.7 Å². The van der Waals surface area contributed by atoms with Gasteiger partial charge >= 0.3 is 6.03 Å². The van der Waals surface area contributed by atoms with Crippen LogP contribution >= 0.6 is 24.4 Å². The number of rotatable bonds is 4. The summed E-state index contributed by atoms with van der Waals surface area (Å²) in [6.45, 7) is -0.0264. The Kier molecular flexibility index (Phi) is 14.7. The first-order chi connectivity index (χ1) is 42.2. The van der Waals surface area contributed by atoms with E-state index in [1.807, 2.05) is 0 Å². The third-order valence-corrected chi connectivity index (χ3v) is 16.5. The Hall–Kier alpha value is -9.40. The number of aliphatic hydroxyl groups is 4. The molecular formula is C46H54N26O14S2. The number of aliphatic hydroxyl groups excluding tert-OH is 4. The summed E-state index contributed by atoms with van der Waals surface area (Å²) >= 11 is 11.2. The molecule has 464 valence electrons. The number of hydrogen-bond donors (Lipinski definition) is 18. The van der Waals surface area contributed by atoms with Gasteiger partial charge in [0.15, 0.2) is 74.7 Å².